The lowest BCUT2D eigenvalue weighted by Gasteiger charge is -2.20. The first-order valence-electron chi connectivity index (χ1n) is 10.3. The Hall–Kier alpha value is -3.93. The average molecular weight is 411 g/mol. The zero-order valence-corrected chi connectivity index (χ0v) is 16.8. The summed E-state index contributed by atoms with van der Waals surface area (Å²) in [6.07, 6.45) is 1.49. The molecule has 0 aromatic heterocycles. The molecular formula is C25H21N3O3. The van der Waals surface area contributed by atoms with Crippen LogP contribution in [0.3, 0.4) is 0 Å². The molecule has 2 aliphatic heterocycles. The van der Waals surface area contributed by atoms with Gasteiger partial charge in [-0.05, 0) is 54.3 Å². The number of carbonyl (C=O) groups is 3. The lowest BCUT2D eigenvalue weighted by Crippen LogP contribution is -2.40. The summed E-state index contributed by atoms with van der Waals surface area (Å²) in [5.74, 6) is -0.595. The smallest absolute Gasteiger partial charge is 0.256 e. The first-order valence-corrected chi connectivity index (χ1v) is 10.3. The van der Waals surface area contributed by atoms with Crippen molar-refractivity contribution in [3.8, 4) is 11.1 Å². The Balaban J connectivity index is 1.36. The molecule has 6 heteroatoms. The van der Waals surface area contributed by atoms with E-state index in [1.165, 1.54) is 0 Å². The van der Waals surface area contributed by atoms with Crippen molar-refractivity contribution in [2.45, 2.75) is 18.9 Å². The maximum absolute atomic E-state index is 13.0. The molecule has 1 fully saturated rings. The topological polar surface area (TPSA) is 78.5 Å². The number of hydrogen-bond donors (Lipinski definition) is 2. The Bertz CT molecular complexity index is 1170. The number of nitrogens with one attached hydrogen (secondary N) is 2. The summed E-state index contributed by atoms with van der Waals surface area (Å²) in [6.45, 7) is 0.570. The van der Waals surface area contributed by atoms with E-state index >= 15 is 0 Å². The van der Waals surface area contributed by atoms with Crippen molar-refractivity contribution in [2.24, 2.45) is 0 Å². The van der Waals surface area contributed by atoms with Gasteiger partial charge in [0.1, 0.15) is 6.04 Å². The van der Waals surface area contributed by atoms with Gasteiger partial charge in [0, 0.05) is 17.8 Å². The van der Waals surface area contributed by atoms with Crippen LogP contribution in [0, 0.1) is 0 Å². The molecule has 0 aliphatic carbocycles. The van der Waals surface area contributed by atoms with Crippen LogP contribution < -0.4 is 10.6 Å². The highest BCUT2D eigenvalue weighted by molar-refractivity contribution is 6.11. The second kappa shape index (κ2) is 7.72. The first-order chi connectivity index (χ1) is 15.1. The summed E-state index contributed by atoms with van der Waals surface area (Å²) in [5, 5.41) is 5.70. The number of anilines is 2. The van der Waals surface area contributed by atoms with Gasteiger partial charge in [0.05, 0.1) is 11.3 Å². The molecule has 3 aromatic rings. The summed E-state index contributed by atoms with van der Waals surface area (Å²) < 4.78 is 0. The summed E-state index contributed by atoms with van der Waals surface area (Å²) >= 11 is 0. The predicted molar refractivity (Wildman–Crippen MR) is 119 cm³/mol. The molecule has 0 bridgehead atoms. The fraction of sp³-hybridized carbons (Fsp3) is 0.160. The lowest BCUT2D eigenvalue weighted by atomic mass is 10.0. The number of carbonyl (C=O) groups excluding carboxylic acids is 3. The zero-order chi connectivity index (χ0) is 21.4. The maximum Gasteiger partial charge on any atom is 0.256 e. The molecule has 3 aromatic carbocycles. The van der Waals surface area contributed by atoms with E-state index in [9.17, 15) is 14.4 Å². The number of rotatable bonds is 3. The van der Waals surface area contributed by atoms with E-state index in [0.717, 1.165) is 17.5 Å². The van der Waals surface area contributed by atoms with Gasteiger partial charge in [0.25, 0.3) is 11.8 Å². The van der Waals surface area contributed by atoms with Crippen molar-refractivity contribution in [1.82, 2.24) is 4.90 Å². The lowest BCUT2D eigenvalue weighted by molar-refractivity contribution is -0.119. The molecule has 0 unspecified atom stereocenters. The van der Waals surface area contributed by atoms with Crippen molar-refractivity contribution in [3.05, 3.63) is 83.9 Å². The highest BCUT2D eigenvalue weighted by Gasteiger charge is 2.38. The molecule has 2 N–H and O–H groups in total. The van der Waals surface area contributed by atoms with Crippen LogP contribution in [0.25, 0.3) is 11.1 Å². The highest BCUT2D eigenvalue weighted by atomic mass is 16.2. The number of fused-ring (bicyclic) bond motifs is 2. The van der Waals surface area contributed by atoms with Gasteiger partial charge in [-0.25, -0.2) is 0 Å². The van der Waals surface area contributed by atoms with Gasteiger partial charge < -0.3 is 15.5 Å². The van der Waals surface area contributed by atoms with Crippen LogP contribution >= 0.6 is 0 Å². The Morgan fingerprint density at radius 1 is 0.935 bits per heavy atom. The Kier molecular flexibility index (Phi) is 4.75. The normalized spacial score (nSPS) is 17.4. The molecule has 3 amide bonds. The molecule has 2 heterocycles. The third kappa shape index (κ3) is 3.57. The monoisotopic (exact) mass is 411 g/mol. The largest absolute Gasteiger partial charge is 0.327 e. The van der Waals surface area contributed by atoms with E-state index in [1.807, 2.05) is 42.5 Å². The SMILES string of the molecule is O=C(Nc1ccc2c(c1)C(=O)N1CCC[C@H]1C(=O)N2)c1ccc(-c2ccccc2)cc1. The summed E-state index contributed by atoms with van der Waals surface area (Å²) in [6, 6.07) is 21.9. The summed E-state index contributed by atoms with van der Waals surface area (Å²) in [5.41, 5.74) is 4.03. The second-order valence-corrected chi connectivity index (χ2v) is 7.80. The molecule has 31 heavy (non-hydrogen) atoms. The van der Waals surface area contributed by atoms with Crippen molar-refractivity contribution < 1.29 is 14.4 Å². The minimum absolute atomic E-state index is 0.153. The van der Waals surface area contributed by atoms with E-state index < -0.39 is 6.04 Å². The van der Waals surface area contributed by atoms with Crippen LogP contribution in [0.4, 0.5) is 11.4 Å². The molecule has 154 valence electrons. The van der Waals surface area contributed by atoms with Crippen LogP contribution in [0.1, 0.15) is 33.6 Å². The molecule has 1 saturated heterocycles. The average Bonchev–Trinajstić information content (AvgIpc) is 3.27. The van der Waals surface area contributed by atoms with Gasteiger partial charge in [0.15, 0.2) is 0 Å². The molecular weight excluding hydrogens is 390 g/mol. The zero-order valence-electron chi connectivity index (χ0n) is 16.8. The Morgan fingerprint density at radius 3 is 2.45 bits per heavy atom. The van der Waals surface area contributed by atoms with E-state index in [2.05, 4.69) is 10.6 Å². The fourth-order valence-corrected chi connectivity index (χ4v) is 4.21. The van der Waals surface area contributed by atoms with Gasteiger partial charge in [-0.15, -0.1) is 0 Å². The minimum Gasteiger partial charge on any atom is -0.327 e. The van der Waals surface area contributed by atoms with Crippen LogP contribution in [-0.2, 0) is 4.79 Å². The molecule has 5 rings (SSSR count). The maximum atomic E-state index is 13.0. The van der Waals surface area contributed by atoms with Gasteiger partial charge in [0.2, 0.25) is 5.91 Å². The number of amides is 3. The molecule has 0 spiro atoms. The fourth-order valence-electron chi connectivity index (χ4n) is 4.21. The summed E-state index contributed by atoms with van der Waals surface area (Å²) in [7, 11) is 0. The van der Waals surface area contributed by atoms with E-state index in [0.29, 0.717) is 35.5 Å². The first kappa shape index (κ1) is 19.1. The third-order valence-electron chi connectivity index (χ3n) is 5.84. The minimum atomic E-state index is -0.416. The highest BCUT2D eigenvalue weighted by Crippen LogP contribution is 2.30. The van der Waals surface area contributed by atoms with Crippen LogP contribution in [0.5, 0.6) is 0 Å². The van der Waals surface area contributed by atoms with Gasteiger partial charge in [-0.2, -0.15) is 0 Å². The van der Waals surface area contributed by atoms with Crippen LogP contribution in [0.15, 0.2) is 72.8 Å². The molecule has 0 saturated carbocycles. The molecule has 0 radical (unpaired) electrons. The van der Waals surface area contributed by atoms with E-state index in [-0.39, 0.29) is 17.7 Å². The van der Waals surface area contributed by atoms with Crippen molar-refractivity contribution in [1.29, 1.82) is 0 Å². The number of hydrogen-bond acceptors (Lipinski definition) is 3. The number of benzene rings is 3. The van der Waals surface area contributed by atoms with Crippen molar-refractivity contribution >= 4 is 29.1 Å². The molecule has 6 nitrogen and oxygen atoms in total. The number of nitrogens with zero attached hydrogens (tertiary/aromatic N) is 1. The Morgan fingerprint density at radius 2 is 1.68 bits per heavy atom. The Labute approximate surface area is 179 Å². The van der Waals surface area contributed by atoms with E-state index in [4.69, 9.17) is 0 Å². The van der Waals surface area contributed by atoms with Gasteiger partial charge in [-0.3, -0.25) is 14.4 Å². The van der Waals surface area contributed by atoms with Crippen LogP contribution in [0.2, 0.25) is 0 Å². The van der Waals surface area contributed by atoms with Crippen LogP contribution in [-0.4, -0.2) is 35.2 Å². The van der Waals surface area contributed by atoms with E-state index in [1.54, 1.807) is 35.2 Å². The second-order valence-electron chi connectivity index (χ2n) is 7.80. The van der Waals surface area contributed by atoms with Gasteiger partial charge in [-0.1, -0.05) is 42.5 Å². The quantitative estimate of drug-likeness (QED) is 0.679. The molecule has 1 atom stereocenters. The van der Waals surface area contributed by atoms with Gasteiger partial charge >= 0.3 is 0 Å². The standard InChI is InChI=1S/C25H21N3O3/c29-23(18-10-8-17(9-11-18)16-5-2-1-3-6-16)26-19-12-13-21-20(15-19)25(31)28-14-4-7-22(28)24(30)27-21/h1-3,5-6,8-13,15,22H,4,7,14H2,(H,26,29)(H,27,30)/t22-/m0/s1. The predicted octanol–water partition coefficient (Wildman–Crippen LogP) is 4.16. The molecule has 2 aliphatic rings. The van der Waals surface area contributed by atoms with Crippen molar-refractivity contribution in [2.75, 3.05) is 17.2 Å². The van der Waals surface area contributed by atoms with Crippen molar-refractivity contribution in [3.63, 3.8) is 0 Å². The summed E-state index contributed by atoms with van der Waals surface area (Å²) in [4.78, 5) is 39.7. The third-order valence-corrected chi connectivity index (χ3v) is 5.84.